The first-order chi connectivity index (χ1) is 8.58. The Labute approximate surface area is 108 Å². The lowest BCUT2D eigenvalue weighted by molar-refractivity contribution is 0.0696. The number of carboxylic acid groups (broad SMARTS) is 1. The van der Waals surface area contributed by atoms with Crippen molar-refractivity contribution in [1.82, 2.24) is 0 Å². The molecular weight excluding hydrogens is 250 g/mol. The van der Waals surface area contributed by atoms with Crippen molar-refractivity contribution >= 4 is 28.9 Å². The Morgan fingerprint density at radius 3 is 2.33 bits per heavy atom. The minimum absolute atomic E-state index is 0.183. The molecule has 0 aliphatic heterocycles. The lowest BCUT2D eigenvalue weighted by Gasteiger charge is -2.05. The Hall–Kier alpha value is -2.14. The van der Waals surface area contributed by atoms with Crippen LogP contribution in [-0.2, 0) is 0 Å². The lowest BCUT2D eigenvalue weighted by atomic mass is 10.2. The highest BCUT2D eigenvalue weighted by molar-refractivity contribution is 7.08. The van der Waals surface area contributed by atoms with E-state index in [9.17, 15) is 9.59 Å². The lowest BCUT2D eigenvalue weighted by Crippen LogP contribution is -2.12. The van der Waals surface area contributed by atoms with E-state index >= 15 is 0 Å². The molecule has 0 saturated heterocycles. The van der Waals surface area contributed by atoms with Crippen molar-refractivity contribution in [1.29, 1.82) is 0 Å². The highest BCUT2D eigenvalue weighted by Gasteiger charge is 2.10. The fourth-order valence-electron chi connectivity index (χ4n) is 1.49. The summed E-state index contributed by atoms with van der Waals surface area (Å²) in [5.41, 5.74) is 2.34. The fourth-order valence-corrected chi connectivity index (χ4v) is 2.32. The topological polar surface area (TPSA) is 66.4 Å². The van der Waals surface area contributed by atoms with Gasteiger partial charge in [0.2, 0.25) is 0 Å². The Balaban J connectivity index is 2.13. The number of rotatable bonds is 3. The van der Waals surface area contributed by atoms with Gasteiger partial charge >= 0.3 is 5.97 Å². The molecule has 0 spiro atoms. The summed E-state index contributed by atoms with van der Waals surface area (Å²) < 4.78 is 0. The van der Waals surface area contributed by atoms with E-state index in [1.807, 2.05) is 12.3 Å². The number of amides is 1. The average molecular weight is 261 g/mol. The second-order valence-corrected chi connectivity index (χ2v) is 4.55. The first-order valence-electron chi connectivity index (χ1n) is 5.25. The molecule has 0 radical (unpaired) electrons. The third-order valence-electron chi connectivity index (χ3n) is 2.49. The molecule has 4 nitrogen and oxygen atoms in total. The number of hydrogen-bond acceptors (Lipinski definition) is 3. The van der Waals surface area contributed by atoms with Crippen molar-refractivity contribution in [2.24, 2.45) is 0 Å². The highest BCUT2D eigenvalue weighted by atomic mass is 32.1. The van der Waals surface area contributed by atoms with E-state index in [-0.39, 0.29) is 11.5 Å². The Kier molecular flexibility index (Phi) is 3.43. The van der Waals surface area contributed by atoms with Gasteiger partial charge in [-0.1, -0.05) is 0 Å². The molecule has 0 aliphatic carbocycles. The van der Waals surface area contributed by atoms with Gasteiger partial charge in [0.05, 0.1) is 11.1 Å². The molecule has 18 heavy (non-hydrogen) atoms. The number of anilines is 1. The molecule has 1 heterocycles. The van der Waals surface area contributed by atoms with Crippen LogP contribution >= 0.6 is 11.3 Å². The molecule has 2 rings (SSSR count). The Morgan fingerprint density at radius 2 is 1.83 bits per heavy atom. The summed E-state index contributed by atoms with van der Waals surface area (Å²) in [4.78, 5) is 22.6. The molecule has 0 fully saturated rings. The summed E-state index contributed by atoms with van der Waals surface area (Å²) in [6.45, 7) is 1.87. The number of carbonyl (C=O) groups excluding carboxylic acids is 1. The second kappa shape index (κ2) is 5.01. The zero-order valence-electron chi connectivity index (χ0n) is 9.64. The molecule has 0 bridgehead atoms. The van der Waals surface area contributed by atoms with Gasteiger partial charge in [0, 0.05) is 11.1 Å². The molecular formula is C13H11NO3S. The molecule has 0 aliphatic rings. The summed E-state index contributed by atoms with van der Waals surface area (Å²) in [5, 5.41) is 15.2. The smallest absolute Gasteiger partial charge is 0.335 e. The van der Waals surface area contributed by atoms with E-state index in [2.05, 4.69) is 5.32 Å². The maximum absolute atomic E-state index is 11.9. The van der Waals surface area contributed by atoms with E-state index < -0.39 is 5.97 Å². The van der Waals surface area contributed by atoms with Gasteiger partial charge in [0.1, 0.15) is 0 Å². The van der Waals surface area contributed by atoms with Crippen molar-refractivity contribution in [3.8, 4) is 0 Å². The SMILES string of the molecule is Cc1cscc1C(=O)Nc1ccc(C(=O)O)cc1. The van der Waals surface area contributed by atoms with Crippen LogP contribution in [-0.4, -0.2) is 17.0 Å². The Morgan fingerprint density at radius 1 is 1.17 bits per heavy atom. The minimum Gasteiger partial charge on any atom is -0.478 e. The number of benzene rings is 1. The van der Waals surface area contributed by atoms with Gasteiger partial charge in [-0.3, -0.25) is 4.79 Å². The number of hydrogen-bond donors (Lipinski definition) is 2. The third-order valence-corrected chi connectivity index (χ3v) is 3.35. The molecule has 92 valence electrons. The number of thiophene rings is 1. The largest absolute Gasteiger partial charge is 0.478 e. The summed E-state index contributed by atoms with van der Waals surface area (Å²) in [7, 11) is 0. The van der Waals surface area contributed by atoms with E-state index in [0.29, 0.717) is 11.3 Å². The number of carboxylic acids is 1. The summed E-state index contributed by atoms with van der Waals surface area (Å²) >= 11 is 1.47. The average Bonchev–Trinajstić information content (AvgIpc) is 2.76. The predicted octanol–water partition coefficient (Wildman–Crippen LogP) is 3.01. The van der Waals surface area contributed by atoms with Gasteiger partial charge in [-0.2, -0.15) is 11.3 Å². The maximum Gasteiger partial charge on any atom is 0.335 e. The molecule has 1 aromatic heterocycles. The second-order valence-electron chi connectivity index (χ2n) is 3.81. The molecule has 1 aromatic carbocycles. The molecule has 0 atom stereocenters. The number of aromatic carboxylic acids is 1. The van der Waals surface area contributed by atoms with E-state index in [1.165, 1.54) is 23.5 Å². The molecule has 1 amide bonds. The fraction of sp³-hybridized carbons (Fsp3) is 0.0769. The van der Waals surface area contributed by atoms with Crippen LogP contribution in [0.1, 0.15) is 26.3 Å². The molecule has 0 saturated carbocycles. The zero-order chi connectivity index (χ0) is 13.1. The van der Waals surface area contributed by atoms with Crippen LogP contribution in [0.15, 0.2) is 35.0 Å². The van der Waals surface area contributed by atoms with E-state index in [0.717, 1.165) is 5.56 Å². The van der Waals surface area contributed by atoms with Crippen LogP contribution in [0.25, 0.3) is 0 Å². The minimum atomic E-state index is -0.985. The van der Waals surface area contributed by atoms with Gasteiger partial charge < -0.3 is 10.4 Å². The van der Waals surface area contributed by atoms with Crippen molar-refractivity contribution < 1.29 is 14.7 Å². The van der Waals surface area contributed by atoms with E-state index in [4.69, 9.17) is 5.11 Å². The maximum atomic E-state index is 11.9. The van der Waals surface area contributed by atoms with Gasteiger partial charge in [-0.05, 0) is 42.1 Å². The Bertz CT molecular complexity index is 587. The molecule has 0 unspecified atom stereocenters. The van der Waals surface area contributed by atoms with E-state index in [1.54, 1.807) is 17.5 Å². The van der Waals surface area contributed by atoms with Crippen molar-refractivity contribution in [3.63, 3.8) is 0 Å². The van der Waals surface area contributed by atoms with Gasteiger partial charge in [-0.25, -0.2) is 4.79 Å². The number of nitrogens with one attached hydrogen (secondary N) is 1. The highest BCUT2D eigenvalue weighted by Crippen LogP contribution is 2.16. The summed E-state index contributed by atoms with van der Waals surface area (Å²) in [5.74, 6) is -1.17. The molecule has 2 N–H and O–H groups in total. The van der Waals surface area contributed by atoms with Crippen molar-refractivity contribution in [2.75, 3.05) is 5.32 Å². The quantitative estimate of drug-likeness (QED) is 0.892. The van der Waals surface area contributed by atoms with Crippen LogP contribution < -0.4 is 5.32 Å². The van der Waals surface area contributed by atoms with Gasteiger partial charge in [0.15, 0.2) is 0 Å². The van der Waals surface area contributed by atoms with Gasteiger partial charge in [-0.15, -0.1) is 0 Å². The monoisotopic (exact) mass is 261 g/mol. The van der Waals surface area contributed by atoms with Crippen LogP contribution in [0.4, 0.5) is 5.69 Å². The first kappa shape index (κ1) is 12.3. The third kappa shape index (κ3) is 2.57. The zero-order valence-corrected chi connectivity index (χ0v) is 10.5. The normalized spacial score (nSPS) is 10.1. The molecule has 5 heteroatoms. The first-order valence-corrected chi connectivity index (χ1v) is 6.19. The predicted molar refractivity (Wildman–Crippen MR) is 70.4 cm³/mol. The van der Waals surface area contributed by atoms with Crippen LogP contribution in [0.3, 0.4) is 0 Å². The number of carbonyl (C=O) groups is 2. The van der Waals surface area contributed by atoms with Gasteiger partial charge in [0.25, 0.3) is 5.91 Å². The van der Waals surface area contributed by atoms with Crippen LogP contribution in [0.5, 0.6) is 0 Å². The summed E-state index contributed by atoms with van der Waals surface area (Å²) in [6.07, 6.45) is 0. The summed E-state index contributed by atoms with van der Waals surface area (Å²) in [6, 6.07) is 6.06. The van der Waals surface area contributed by atoms with Crippen molar-refractivity contribution in [3.05, 3.63) is 51.7 Å². The van der Waals surface area contributed by atoms with Crippen LogP contribution in [0, 0.1) is 6.92 Å². The van der Waals surface area contributed by atoms with Crippen LogP contribution in [0.2, 0.25) is 0 Å². The van der Waals surface area contributed by atoms with Crippen molar-refractivity contribution in [2.45, 2.75) is 6.92 Å². The number of aryl methyl sites for hydroxylation is 1. The standard InChI is InChI=1S/C13H11NO3S/c1-8-6-18-7-11(8)12(15)14-10-4-2-9(3-5-10)13(16)17/h2-7H,1H3,(H,14,15)(H,16,17). The molecule has 2 aromatic rings.